The summed E-state index contributed by atoms with van der Waals surface area (Å²) < 4.78 is 16.9. The second-order valence-electron chi connectivity index (χ2n) is 7.47. The molecule has 1 unspecified atom stereocenters. The van der Waals surface area contributed by atoms with E-state index in [2.05, 4.69) is 4.98 Å². The molecule has 2 heterocycles. The Hall–Kier alpha value is -3.58. The Kier molecular flexibility index (Phi) is 6.79. The quantitative estimate of drug-likeness (QED) is 0.449. The van der Waals surface area contributed by atoms with Gasteiger partial charge in [-0.3, -0.25) is 9.59 Å². The lowest BCUT2D eigenvalue weighted by Gasteiger charge is -2.24. The number of carbonyl (C=O) groups excluding carboxylic acids is 1. The van der Waals surface area contributed by atoms with Crippen LogP contribution in [-0.4, -0.2) is 35.1 Å². The van der Waals surface area contributed by atoms with Crippen LogP contribution in [0.2, 0.25) is 5.02 Å². The number of carbonyl (C=O) groups is 2. The number of rotatable bonds is 8. The minimum absolute atomic E-state index is 0.0809. The molecule has 1 atom stereocenters. The summed E-state index contributed by atoms with van der Waals surface area (Å²) in [6.45, 7) is 2.69. The number of carboxylic acid groups (broad SMARTS) is 1. The fourth-order valence-corrected chi connectivity index (χ4v) is 3.82. The highest BCUT2D eigenvalue weighted by atomic mass is 35.5. The van der Waals surface area contributed by atoms with Gasteiger partial charge in [-0.15, -0.1) is 0 Å². The molecule has 170 valence electrons. The largest absolute Gasteiger partial charge is 0.493 e. The average Bonchev–Trinajstić information content (AvgIpc) is 2.80. The van der Waals surface area contributed by atoms with Gasteiger partial charge in [0.05, 0.1) is 36.3 Å². The van der Waals surface area contributed by atoms with Gasteiger partial charge in [0.15, 0.2) is 5.78 Å². The standard InChI is InChI=1S/C25H22ClNO6/c1-2-31-24-5-3-4-16(27-24)12-21(28)15-6-8-17(9-7-15)33-23-14-22-19(13-20(23)26)18(25(29)30)10-11-32-22/h3-9,13-14,18H,2,10-12H2,1H3,(H,29,30). The van der Waals surface area contributed by atoms with Crippen molar-refractivity contribution >= 4 is 23.4 Å². The molecule has 2 aromatic carbocycles. The highest BCUT2D eigenvalue weighted by Crippen LogP contribution is 2.41. The lowest BCUT2D eigenvalue weighted by Crippen LogP contribution is -2.20. The third-order valence-corrected chi connectivity index (χ3v) is 5.52. The molecule has 4 rings (SSSR count). The summed E-state index contributed by atoms with van der Waals surface area (Å²) in [7, 11) is 0. The fraction of sp³-hybridized carbons (Fsp3) is 0.240. The number of hydrogen-bond donors (Lipinski definition) is 1. The number of pyridine rings is 1. The van der Waals surface area contributed by atoms with Gasteiger partial charge in [-0.05, 0) is 49.7 Å². The van der Waals surface area contributed by atoms with Crippen molar-refractivity contribution in [3.05, 3.63) is 76.4 Å². The summed E-state index contributed by atoms with van der Waals surface area (Å²) in [6.07, 6.45) is 0.541. The molecule has 0 saturated carbocycles. The number of aliphatic carboxylic acids is 1. The second kappa shape index (κ2) is 9.92. The van der Waals surface area contributed by atoms with Crippen molar-refractivity contribution in [3.8, 4) is 23.1 Å². The number of fused-ring (bicyclic) bond motifs is 1. The number of carboxylic acids is 1. The number of ether oxygens (including phenoxy) is 3. The molecule has 0 saturated heterocycles. The number of aromatic nitrogens is 1. The maximum atomic E-state index is 12.6. The van der Waals surface area contributed by atoms with Gasteiger partial charge in [0.25, 0.3) is 0 Å². The molecule has 3 aromatic rings. The van der Waals surface area contributed by atoms with E-state index in [9.17, 15) is 14.7 Å². The maximum Gasteiger partial charge on any atom is 0.311 e. The van der Waals surface area contributed by atoms with Gasteiger partial charge in [0.2, 0.25) is 5.88 Å². The fourth-order valence-electron chi connectivity index (χ4n) is 3.61. The highest BCUT2D eigenvalue weighted by molar-refractivity contribution is 6.32. The Morgan fingerprint density at radius 2 is 1.97 bits per heavy atom. The Bertz CT molecular complexity index is 1180. The first kappa shape index (κ1) is 22.6. The van der Waals surface area contributed by atoms with Crippen LogP contribution in [-0.2, 0) is 11.2 Å². The average molecular weight is 468 g/mol. The van der Waals surface area contributed by atoms with E-state index in [1.165, 1.54) is 0 Å². The van der Waals surface area contributed by atoms with Gasteiger partial charge in [0.1, 0.15) is 17.2 Å². The van der Waals surface area contributed by atoms with Crippen LogP contribution in [0.15, 0.2) is 54.6 Å². The van der Waals surface area contributed by atoms with Crippen LogP contribution >= 0.6 is 11.6 Å². The van der Waals surface area contributed by atoms with Crippen molar-refractivity contribution in [2.75, 3.05) is 13.2 Å². The smallest absolute Gasteiger partial charge is 0.311 e. The molecular weight excluding hydrogens is 446 g/mol. The molecule has 1 aliphatic heterocycles. The van der Waals surface area contributed by atoms with Crippen LogP contribution in [0, 0.1) is 0 Å². The van der Waals surface area contributed by atoms with Gasteiger partial charge in [0, 0.05) is 23.3 Å². The van der Waals surface area contributed by atoms with E-state index in [0.29, 0.717) is 59.6 Å². The van der Waals surface area contributed by atoms with Crippen molar-refractivity contribution in [1.82, 2.24) is 4.98 Å². The van der Waals surface area contributed by atoms with Crippen molar-refractivity contribution in [1.29, 1.82) is 0 Å². The van der Waals surface area contributed by atoms with Crippen LogP contribution in [0.5, 0.6) is 23.1 Å². The molecule has 7 nitrogen and oxygen atoms in total. The van der Waals surface area contributed by atoms with Gasteiger partial charge < -0.3 is 19.3 Å². The van der Waals surface area contributed by atoms with E-state index in [0.717, 1.165) is 0 Å². The number of Topliss-reactive ketones (excluding diaryl/α,β-unsaturated/α-hetero) is 1. The molecule has 1 aromatic heterocycles. The zero-order valence-corrected chi connectivity index (χ0v) is 18.7. The Morgan fingerprint density at radius 3 is 2.70 bits per heavy atom. The number of benzene rings is 2. The van der Waals surface area contributed by atoms with Gasteiger partial charge in [-0.1, -0.05) is 17.7 Å². The molecule has 0 bridgehead atoms. The Labute approximate surface area is 195 Å². The monoisotopic (exact) mass is 467 g/mol. The zero-order valence-electron chi connectivity index (χ0n) is 17.9. The van der Waals surface area contributed by atoms with E-state index < -0.39 is 11.9 Å². The molecule has 0 aliphatic carbocycles. The molecule has 8 heteroatoms. The predicted molar refractivity (Wildman–Crippen MR) is 122 cm³/mol. The number of hydrogen-bond acceptors (Lipinski definition) is 6. The summed E-state index contributed by atoms with van der Waals surface area (Å²) in [5.74, 6) is 0.114. The molecule has 1 N–H and O–H groups in total. The van der Waals surface area contributed by atoms with E-state index >= 15 is 0 Å². The molecule has 0 radical (unpaired) electrons. The van der Waals surface area contributed by atoms with Crippen LogP contribution in [0.4, 0.5) is 0 Å². The minimum atomic E-state index is -0.913. The molecule has 0 fully saturated rings. The van der Waals surface area contributed by atoms with E-state index in [-0.39, 0.29) is 17.2 Å². The lowest BCUT2D eigenvalue weighted by molar-refractivity contribution is -0.139. The predicted octanol–water partition coefficient (Wildman–Crippen LogP) is 5.30. The van der Waals surface area contributed by atoms with Crippen LogP contribution in [0.3, 0.4) is 0 Å². The van der Waals surface area contributed by atoms with Gasteiger partial charge in [-0.25, -0.2) is 4.98 Å². The molecule has 0 amide bonds. The van der Waals surface area contributed by atoms with E-state index in [4.69, 9.17) is 25.8 Å². The van der Waals surface area contributed by atoms with Crippen molar-refractivity contribution in [2.24, 2.45) is 0 Å². The molecule has 33 heavy (non-hydrogen) atoms. The lowest BCUT2D eigenvalue weighted by atomic mass is 9.93. The first-order chi connectivity index (χ1) is 15.9. The molecule has 1 aliphatic rings. The summed E-state index contributed by atoms with van der Waals surface area (Å²) in [5, 5.41) is 9.70. The van der Waals surface area contributed by atoms with Crippen LogP contribution < -0.4 is 14.2 Å². The Morgan fingerprint density at radius 1 is 1.18 bits per heavy atom. The summed E-state index contributed by atoms with van der Waals surface area (Å²) in [5.41, 5.74) is 1.69. The normalized spacial score (nSPS) is 14.7. The number of ketones is 1. The van der Waals surface area contributed by atoms with Crippen LogP contribution in [0.25, 0.3) is 0 Å². The second-order valence-corrected chi connectivity index (χ2v) is 7.88. The maximum absolute atomic E-state index is 12.6. The molecule has 0 spiro atoms. The summed E-state index contributed by atoms with van der Waals surface area (Å²) >= 11 is 6.34. The van der Waals surface area contributed by atoms with Gasteiger partial charge in [-0.2, -0.15) is 0 Å². The summed E-state index contributed by atoms with van der Waals surface area (Å²) in [4.78, 5) is 28.5. The van der Waals surface area contributed by atoms with Gasteiger partial charge >= 0.3 is 5.97 Å². The third-order valence-electron chi connectivity index (χ3n) is 5.22. The SMILES string of the molecule is CCOc1cccc(CC(=O)c2ccc(Oc3cc4c(cc3Cl)C(C(=O)O)CCO4)cc2)n1. The zero-order chi connectivity index (χ0) is 23.4. The Balaban J connectivity index is 1.46. The highest BCUT2D eigenvalue weighted by Gasteiger charge is 2.29. The van der Waals surface area contributed by atoms with Crippen molar-refractivity contribution in [3.63, 3.8) is 0 Å². The topological polar surface area (TPSA) is 95.0 Å². The number of halogens is 1. The minimum Gasteiger partial charge on any atom is -0.493 e. The first-order valence-electron chi connectivity index (χ1n) is 10.5. The third kappa shape index (κ3) is 5.26. The van der Waals surface area contributed by atoms with E-state index in [1.807, 2.05) is 13.0 Å². The van der Waals surface area contributed by atoms with Crippen LogP contribution in [0.1, 0.15) is 40.9 Å². The first-order valence-corrected chi connectivity index (χ1v) is 10.9. The summed E-state index contributed by atoms with van der Waals surface area (Å²) in [6, 6.07) is 15.2. The number of nitrogens with zero attached hydrogens (tertiary/aromatic N) is 1. The molecular formula is C25H22ClNO6. The van der Waals surface area contributed by atoms with Crippen molar-refractivity contribution < 1.29 is 28.9 Å². The van der Waals surface area contributed by atoms with Crippen molar-refractivity contribution in [2.45, 2.75) is 25.7 Å². The van der Waals surface area contributed by atoms with E-state index in [1.54, 1.807) is 48.5 Å².